The van der Waals surface area contributed by atoms with Crippen LogP contribution < -0.4 is 11.0 Å². The predicted molar refractivity (Wildman–Crippen MR) is 124 cm³/mol. The molecule has 1 atom stereocenters. The minimum Gasteiger partial charge on any atom is -0.352 e. The molecule has 4 rings (SSSR count). The standard InChI is InChI=1S/C25H32N4O2/c1-18-4-3-13-29(16-18)17-21-9-7-20(8-10-21)15-26-24(30)6-2-5-19-11-12-22-23(14-19)28-25(31)27-22/h7-12,14,18H,2-6,13,15-17H2,1H3,(H,26,30)(H2,27,28,31). The molecular formula is C25H32N4O2. The lowest BCUT2D eigenvalue weighted by atomic mass is 9.99. The normalized spacial score (nSPS) is 17.1. The zero-order valence-corrected chi connectivity index (χ0v) is 18.2. The summed E-state index contributed by atoms with van der Waals surface area (Å²) in [5.41, 5.74) is 5.01. The van der Waals surface area contributed by atoms with Crippen molar-refractivity contribution in [2.75, 3.05) is 13.1 Å². The molecule has 3 aromatic rings. The number of nitrogens with one attached hydrogen (secondary N) is 3. The lowest BCUT2D eigenvalue weighted by Crippen LogP contribution is -2.33. The van der Waals surface area contributed by atoms with Gasteiger partial charge in [-0.25, -0.2) is 4.79 Å². The second kappa shape index (κ2) is 9.96. The average Bonchev–Trinajstić information content (AvgIpc) is 3.12. The van der Waals surface area contributed by atoms with Gasteiger partial charge in [-0.1, -0.05) is 37.3 Å². The smallest absolute Gasteiger partial charge is 0.323 e. The Morgan fingerprint density at radius 1 is 1.06 bits per heavy atom. The van der Waals surface area contributed by atoms with Crippen molar-refractivity contribution in [1.29, 1.82) is 0 Å². The summed E-state index contributed by atoms with van der Waals surface area (Å²) in [7, 11) is 0. The molecule has 0 aliphatic carbocycles. The van der Waals surface area contributed by atoms with Crippen molar-refractivity contribution in [2.24, 2.45) is 5.92 Å². The summed E-state index contributed by atoms with van der Waals surface area (Å²) in [5.74, 6) is 0.867. The van der Waals surface area contributed by atoms with E-state index in [4.69, 9.17) is 0 Å². The number of carbonyl (C=O) groups excluding carboxylic acids is 1. The van der Waals surface area contributed by atoms with Crippen LogP contribution in [0.3, 0.4) is 0 Å². The van der Waals surface area contributed by atoms with Crippen LogP contribution in [0, 0.1) is 5.92 Å². The molecule has 1 unspecified atom stereocenters. The summed E-state index contributed by atoms with van der Waals surface area (Å²) in [6.45, 7) is 6.30. The van der Waals surface area contributed by atoms with Crippen molar-refractivity contribution in [3.8, 4) is 0 Å². The van der Waals surface area contributed by atoms with Gasteiger partial charge in [-0.15, -0.1) is 0 Å². The SMILES string of the molecule is CC1CCCN(Cc2ccc(CNC(=O)CCCc3ccc4[nH]c(=O)[nH]c4c3)cc2)C1. The third kappa shape index (κ3) is 6.07. The van der Waals surface area contributed by atoms with Crippen LogP contribution in [-0.4, -0.2) is 33.9 Å². The average molecular weight is 421 g/mol. The third-order valence-electron chi connectivity index (χ3n) is 6.11. The fourth-order valence-corrected chi connectivity index (χ4v) is 4.43. The number of likely N-dealkylation sites (tertiary alicyclic amines) is 1. The first kappa shape index (κ1) is 21.4. The first-order valence-electron chi connectivity index (χ1n) is 11.3. The summed E-state index contributed by atoms with van der Waals surface area (Å²) in [6.07, 6.45) is 4.72. The fourth-order valence-electron chi connectivity index (χ4n) is 4.43. The van der Waals surface area contributed by atoms with Crippen molar-refractivity contribution >= 4 is 16.9 Å². The zero-order valence-electron chi connectivity index (χ0n) is 18.2. The Balaban J connectivity index is 1.18. The van der Waals surface area contributed by atoms with Gasteiger partial charge in [-0.05, 0) is 67.0 Å². The summed E-state index contributed by atoms with van der Waals surface area (Å²) in [6, 6.07) is 14.5. The lowest BCUT2D eigenvalue weighted by Gasteiger charge is -2.30. The number of aromatic nitrogens is 2. The van der Waals surface area contributed by atoms with Crippen LogP contribution in [0.15, 0.2) is 47.3 Å². The highest BCUT2D eigenvalue weighted by atomic mass is 16.1. The Morgan fingerprint density at radius 2 is 1.81 bits per heavy atom. The van der Waals surface area contributed by atoms with E-state index in [1.54, 1.807) is 0 Å². The van der Waals surface area contributed by atoms with Gasteiger partial charge in [0.05, 0.1) is 11.0 Å². The molecule has 164 valence electrons. The van der Waals surface area contributed by atoms with Crippen LogP contribution in [0.5, 0.6) is 0 Å². The largest absolute Gasteiger partial charge is 0.352 e. The lowest BCUT2D eigenvalue weighted by molar-refractivity contribution is -0.121. The van der Waals surface area contributed by atoms with Gasteiger partial charge < -0.3 is 15.3 Å². The van der Waals surface area contributed by atoms with Crippen LogP contribution in [0.4, 0.5) is 0 Å². The Bertz CT molecular complexity index is 1070. The molecule has 1 fully saturated rings. The van der Waals surface area contributed by atoms with Gasteiger partial charge in [0, 0.05) is 26.1 Å². The highest BCUT2D eigenvalue weighted by Crippen LogP contribution is 2.18. The molecule has 0 saturated carbocycles. The Labute approximate surface area is 183 Å². The first-order valence-corrected chi connectivity index (χ1v) is 11.3. The van der Waals surface area contributed by atoms with Crippen LogP contribution in [0.1, 0.15) is 49.3 Å². The van der Waals surface area contributed by atoms with Crippen LogP contribution in [0.2, 0.25) is 0 Å². The first-order chi connectivity index (χ1) is 15.0. The maximum absolute atomic E-state index is 12.2. The Kier molecular flexibility index (Phi) is 6.87. The molecule has 3 N–H and O–H groups in total. The number of hydrogen-bond acceptors (Lipinski definition) is 3. The van der Waals surface area contributed by atoms with Crippen molar-refractivity contribution in [1.82, 2.24) is 20.2 Å². The van der Waals surface area contributed by atoms with Crippen LogP contribution in [0.25, 0.3) is 11.0 Å². The highest BCUT2D eigenvalue weighted by Gasteiger charge is 2.16. The van der Waals surface area contributed by atoms with E-state index in [9.17, 15) is 9.59 Å². The predicted octanol–water partition coefficient (Wildman–Crippen LogP) is 3.73. The molecule has 1 aliphatic heterocycles. The molecular weight excluding hydrogens is 388 g/mol. The maximum atomic E-state index is 12.2. The molecule has 0 bridgehead atoms. The summed E-state index contributed by atoms with van der Waals surface area (Å²) in [5, 5.41) is 3.02. The molecule has 1 saturated heterocycles. The molecule has 1 aliphatic rings. The zero-order chi connectivity index (χ0) is 21.6. The maximum Gasteiger partial charge on any atom is 0.323 e. The van der Waals surface area contributed by atoms with E-state index < -0.39 is 0 Å². The van der Waals surface area contributed by atoms with E-state index in [2.05, 4.69) is 51.4 Å². The van der Waals surface area contributed by atoms with E-state index in [1.807, 2.05) is 18.2 Å². The van der Waals surface area contributed by atoms with Crippen molar-refractivity contribution < 1.29 is 4.79 Å². The Morgan fingerprint density at radius 3 is 2.61 bits per heavy atom. The molecule has 6 nitrogen and oxygen atoms in total. The number of rotatable bonds is 8. The number of nitrogens with zero attached hydrogens (tertiary/aromatic N) is 1. The van der Waals surface area contributed by atoms with E-state index in [0.29, 0.717) is 13.0 Å². The second-order valence-corrected chi connectivity index (χ2v) is 8.89. The summed E-state index contributed by atoms with van der Waals surface area (Å²) in [4.78, 5) is 31.6. The topological polar surface area (TPSA) is 81.0 Å². The number of carbonyl (C=O) groups is 1. The molecule has 6 heteroatoms. The van der Waals surface area contributed by atoms with Gasteiger partial charge in [0.2, 0.25) is 5.91 Å². The number of piperidine rings is 1. The monoisotopic (exact) mass is 420 g/mol. The molecule has 0 radical (unpaired) electrons. The number of imidazole rings is 1. The quantitative estimate of drug-likeness (QED) is 0.519. The van der Waals surface area contributed by atoms with E-state index in [1.165, 1.54) is 31.5 Å². The number of amides is 1. The van der Waals surface area contributed by atoms with Crippen molar-refractivity contribution in [3.05, 3.63) is 69.6 Å². The molecule has 2 heterocycles. The molecule has 1 aromatic heterocycles. The second-order valence-electron chi connectivity index (χ2n) is 8.89. The van der Waals surface area contributed by atoms with Crippen molar-refractivity contribution in [3.63, 3.8) is 0 Å². The van der Waals surface area contributed by atoms with E-state index >= 15 is 0 Å². The molecule has 2 aromatic carbocycles. The minimum atomic E-state index is -0.194. The van der Waals surface area contributed by atoms with Crippen LogP contribution in [-0.2, 0) is 24.3 Å². The van der Waals surface area contributed by atoms with Gasteiger partial charge in [-0.2, -0.15) is 0 Å². The van der Waals surface area contributed by atoms with E-state index in [-0.39, 0.29) is 11.6 Å². The number of aromatic amines is 2. The van der Waals surface area contributed by atoms with Gasteiger partial charge >= 0.3 is 5.69 Å². The minimum absolute atomic E-state index is 0.0718. The third-order valence-corrected chi connectivity index (χ3v) is 6.11. The number of benzene rings is 2. The number of fused-ring (bicyclic) bond motifs is 1. The molecule has 1 amide bonds. The number of H-pyrrole nitrogens is 2. The fraction of sp³-hybridized carbons (Fsp3) is 0.440. The van der Waals surface area contributed by atoms with Crippen molar-refractivity contribution in [2.45, 2.75) is 52.1 Å². The van der Waals surface area contributed by atoms with E-state index in [0.717, 1.165) is 47.5 Å². The highest BCUT2D eigenvalue weighted by molar-refractivity contribution is 5.76. The Hall–Kier alpha value is -2.86. The van der Waals surface area contributed by atoms with Crippen LogP contribution >= 0.6 is 0 Å². The van der Waals surface area contributed by atoms with Gasteiger partial charge in [-0.3, -0.25) is 9.69 Å². The molecule has 31 heavy (non-hydrogen) atoms. The summed E-state index contributed by atoms with van der Waals surface area (Å²) >= 11 is 0. The van der Waals surface area contributed by atoms with Gasteiger partial charge in [0.15, 0.2) is 0 Å². The number of aryl methyl sites for hydroxylation is 1. The number of hydrogen-bond donors (Lipinski definition) is 3. The van der Waals surface area contributed by atoms with Gasteiger partial charge in [0.1, 0.15) is 0 Å². The van der Waals surface area contributed by atoms with Gasteiger partial charge in [0.25, 0.3) is 0 Å². The molecule has 0 spiro atoms. The summed E-state index contributed by atoms with van der Waals surface area (Å²) < 4.78 is 0.